The number of hydrogen-bond donors (Lipinski definition) is 0. The van der Waals surface area contributed by atoms with Gasteiger partial charge in [-0.2, -0.15) is 0 Å². The Balaban J connectivity index is 1.52. The van der Waals surface area contributed by atoms with Crippen LogP contribution in [0.2, 0.25) is 0 Å². The topological polar surface area (TPSA) is 90.9 Å². The van der Waals surface area contributed by atoms with E-state index in [0.717, 1.165) is 17.4 Å². The van der Waals surface area contributed by atoms with Crippen molar-refractivity contribution < 1.29 is 28.7 Å². The Morgan fingerprint density at radius 3 is 2.24 bits per heavy atom. The highest BCUT2D eigenvalue weighted by molar-refractivity contribution is 7.43. The van der Waals surface area contributed by atoms with Crippen molar-refractivity contribution in [3.05, 3.63) is 29.8 Å². The van der Waals surface area contributed by atoms with Crippen LogP contribution in [0.15, 0.2) is 24.3 Å². The molecule has 136 valence electrons. The van der Waals surface area contributed by atoms with E-state index in [-0.39, 0.29) is 11.4 Å². The molecule has 0 amide bonds. The molecule has 6 rings (SSSR count). The van der Waals surface area contributed by atoms with Crippen LogP contribution in [0.25, 0.3) is 0 Å². The average molecular weight is 364 g/mol. The largest absolute Gasteiger partial charge is 0.780 e. The fraction of sp³-hybridized carbons (Fsp3) is 0.667. The first-order valence-corrected chi connectivity index (χ1v) is 10.5. The third-order valence-corrected chi connectivity index (χ3v) is 7.48. The zero-order valence-corrected chi connectivity index (χ0v) is 14.9. The van der Waals surface area contributed by atoms with Gasteiger partial charge in [-0.15, -0.1) is 0 Å². The third kappa shape index (κ3) is 2.22. The Hall–Kier alpha value is -0.910. The lowest BCUT2D eigenvalue weighted by Gasteiger charge is -2.69. The molecule has 1 saturated heterocycles. The van der Waals surface area contributed by atoms with Crippen LogP contribution >= 0.6 is 7.82 Å². The summed E-state index contributed by atoms with van der Waals surface area (Å²) in [7, 11) is -5.08. The molecular weight excluding hydrogens is 343 g/mol. The van der Waals surface area contributed by atoms with Gasteiger partial charge in [0, 0.05) is 0 Å². The number of rotatable bonds is 3. The molecule has 1 spiro atoms. The quantitative estimate of drug-likeness (QED) is 0.604. The second-order valence-electron chi connectivity index (χ2n) is 8.36. The van der Waals surface area contributed by atoms with Crippen molar-refractivity contribution in [1.82, 2.24) is 0 Å². The maximum atomic E-state index is 10.9. The normalized spacial score (nSPS) is 44.8. The fourth-order valence-corrected chi connectivity index (χ4v) is 6.69. The van der Waals surface area contributed by atoms with Crippen LogP contribution in [0.5, 0.6) is 5.75 Å². The molecule has 0 aromatic heterocycles. The fourth-order valence-electron chi connectivity index (χ4n) is 6.31. The van der Waals surface area contributed by atoms with Crippen LogP contribution in [0.4, 0.5) is 0 Å². The van der Waals surface area contributed by atoms with E-state index in [1.165, 1.54) is 38.2 Å². The summed E-state index contributed by atoms with van der Waals surface area (Å²) in [5.74, 6) is 2.59. The van der Waals surface area contributed by atoms with Gasteiger partial charge >= 0.3 is 0 Å². The SMILES string of the molecule is CC1(c2cccc(OP(=O)([O-])[O-])c2)OOC12C1CC3CC(C1)CC2C3. The van der Waals surface area contributed by atoms with Crippen molar-refractivity contribution in [2.45, 2.75) is 50.2 Å². The highest BCUT2D eigenvalue weighted by atomic mass is 31.2. The lowest BCUT2D eigenvalue weighted by atomic mass is 9.45. The van der Waals surface area contributed by atoms with Crippen molar-refractivity contribution in [1.29, 1.82) is 0 Å². The Morgan fingerprint density at radius 2 is 1.72 bits per heavy atom. The van der Waals surface area contributed by atoms with Crippen LogP contribution in [-0.4, -0.2) is 5.60 Å². The number of hydrogen-bond acceptors (Lipinski definition) is 6. The molecule has 1 heterocycles. The Kier molecular flexibility index (Phi) is 3.31. The summed E-state index contributed by atoms with van der Waals surface area (Å²) in [6, 6.07) is 6.65. The molecule has 5 fully saturated rings. The minimum Gasteiger partial charge on any atom is -0.780 e. The monoisotopic (exact) mass is 364 g/mol. The summed E-state index contributed by atoms with van der Waals surface area (Å²) in [5, 5.41) is 0. The van der Waals surface area contributed by atoms with Gasteiger partial charge in [-0.25, -0.2) is 9.78 Å². The van der Waals surface area contributed by atoms with Crippen molar-refractivity contribution >= 4 is 7.82 Å². The number of benzene rings is 1. The van der Waals surface area contributed by atoms with Gasteiger partial charge < -0.3 is 18.9 Å². The van der Waals surface area contributed by atoms with Crippen LogP contribution in [-0.2, 0) is 19.9 Å². The van der Waals surface area contributed by atoms with Crippen LogP contribution in [0.3, 0.4) is 0 Å². The maximum absolute atomic E-state index is 10.9. The number of phosphoric ester groups is 1. The van der Waals surface area contributed by atoms with Crippen molar-refractivity contribution in [2.24, 2.45) is 23.7 Å². The first-order chi connectivity index (χ1) is 11.8. The molecule has 7 heteroatoms. The van der Waals surface area contributed by atoms with Gasteiger partial charge in [0.1, 0.15) is 19.2 Å². The van der Waals surface area contributed by atoms with Crippen molar-refractivity contribution in [2.75, 3.05) is 0 Å². The zero-order chi connectivity index (χ0) is 17.4. The smallest absolute Gasteiger partial charge is 0.158 e. The minimum absolute atomic E-state index is 0.0292. The van der Waals surface area contributed by atoms with E-state index in [2.05, 4.69) is 4.52 Å². The van der Waals surface area contributed by atoms with Gasteiger partial charge in [0.05, 0.1) is 0 Å². The zero-order valence-electron chi connectivity index (χ0n) is 14.1. The van der Waals surface area contributed by atoms with E-state index in [1.54, 1.807) is 12.1 Å². The summed E-state index contributed by atoms with van der Waals surface area (Å²) >= 11 is 0. The van der Waals surface area contributed by atoms with Gasteiger partial charge in [-0.1, -0.05) is 12.1 Å². The predicted octanol–water partition coefficient (Wildman–Crippen LogP) is 2.27. The summed E-state index contributed by atoms with van der Waals surface area (Å²) < 4.78 is 15.5. The molecule has 1 atom stereocenters. The first-order valence-electron chi connectivity index (χ1n) is 8.99. The molecule has 0 radical (unpaired) electrons. The van der Waals surface area contributed by atoms with E-state index < -0.39 is 13.4 Å². The standard InChI is InChI=1S/C18H23O6P/c1-17(13-3-2-4-16(10-13)22-25(19,20)21)18(24-23-17)14-6-11-5-12(8-14)9-15(18)7-11/h2-4,10-12,14-15H,5-9H2,1H3,(H2,19,20,21)/p-2. The van der Waals surface area contributed by atoms with E-state index in [1.807, 2.05) is 13.0 Å². The van der Waals surface area contributed by atoms with E-state index in [9.17, 15) is 14.4 Å². The lowest BCUT2D eigenvalue weighted by molar-refractivity contribution is -0.590. The molecule has 6 nitrogen and oxygen atoms in total. The van der Waals surface area contributed by atoms with Gasteiger partial charge in [0.15, 0.2) is 5.60 Å². The predicted molar refractivity (Wildman–Crippen MR) is 84.0 cm³/mol. The van der Waals surface area contributed by atoms with Gasteiger partial charge in [-0.05, 0) is 80.4 Å². The summed E-state index contributed by atoms with van der Waals surface area (Å²) in [4.78, 5) is 33.4. The molecule has 4 saturated carbocycles. The Labute approximate surface area is 146 Å². The van der Waals surface area contributed by atoms with Crippen LogP contribution < -0.4 is 14.3 Å². The minimum atomic E-state index is -5.08. The molecule has 1 unspecified atom stereocenters. The third-order valence-electron chi connectivity index (χ3n) is 7.05. The molecule has 1 aromatic carbocycles. The molecule has 1 aliphatic heterocycles. The van der Waals surface area contributed by atoms with Gasteiger partial charge in [0.2, 0.25) is 0 Å². The lowest BCUT2D eigenvalue weighted by Crippen LogP contribution is -2.74. The molecule has 4 bridgehead atoms. The van der Waals surface area contributed by atoms with Crippen molar-refractivity contribution in [3.63, 3.8) is 0 Å². The summed E-state index contributed by atoms with van der Waals surface area (Å²) in [5.41, 5.74) is -0.195. The first kappa shape index (κ1) is 16.3. The molecular formula is C18H21O6P-2. The Bertz CT molecular complexity index is 730. The van der Waals surface area contributed by atoms with Crippen LogP contribution in [0, 0.1) is 23.7 Å². The van der Waals surface area contributed by atoms with Crippen LogP contribution in [0.1, 0.15) is 44.6 Å². The molecule has 1 aromatic rings. The van der Waals surface area contributed by atoms with Gasteiger partial charge in [0.25, 0.3) is 0 Å². The average Bonchev–Trinajstić information content (AvgIpc) is 2.51. The summed E-state index contributed by atoms with van der Waals surface area (Å²) in [6.07, 6.45) is 6.07. The van der Waals surface area contributed by atoms with Gasteiger partial charge in [-0.3, -0.25) is 0 Å². The second kappa shape index (κ2) is 5.08. The second-order valence-corrected chi connectivity index (χ2v) is 9.44. The summed E-state index contributed by atoms with van der Waals surface area (Å²) in [6.45, 7) is 2.02. The Morgan fingerprint density at radius 1 is 1.08 bits per heavy atom. The molecule has 25 heavy (non-hydrogen) atoms. The molecule has 0 N–H and O–H groups in total. The highest BCUT2D eigenvalue weighted by Crippen LogP contribution is 2.69. The van der Waals surface area contributed by atoms with Crippen molar-refractivity contribution in [3.8, 4) is 5.75 Å². The van der Waals surface area contributed by atoms with E-state index in [4.69, 9.17) is 9.78 Å². The molecule has 5 aliphatic rings. The highest BCUT2D eigenvalue weighted by Gasteiger charge is 2.73. The van der Waals surface area contributed by atoms with E-state index >= 15 is 0 Å². The molecule has 4 aliphatic carbocycles. The number of phosphoric acid groups is 1. The maximum Gasteiger partial charge on any atom is 0.158 e. The van der Waals surface area contributed by atoms with E-state index in [0.29, 0.717) is 11.8 Å².